The van der Waals surface area contributed by atoms with E-state index in [1.807, 2.05) is 5.38 Å². The normalized spacial score (nSPS) is 23.3. The quantitative estimate of drug-likeness (QED) is 0.866. The lowest BCUT2D eigenvalue weighted by Crippen LogP contribution is -2.39. The van der Waals surface area contributed by atoms with Crippen LogP contribution in [0, 0.1) is 5.92 Å². The molecule has 2 aliphatic heterocycles. The molecule has 5 nitrogen and oxygen atoms in total. The van der Waals surface area contributed by atoms with Crippen LogP contribution < -0.4 is 5.32 Å². The summed E-state index contributed by atoms with van der Waals surface area (Å²) in [6, 6.07) is 0.680. The van der Waals surface area contributed by atoms with Crippen LogP contribution in [0.5, 0.6) is 0 Å². The van der Waals surface area contributed by atoms with Gasteiger partial charge in [-0.3, -0.25) is 9.69 Å². The van der Waals surface area contributed by atoms with E-state index in [2.05, 4.69) is 22.1 Å². The van der Waals surface area contributed by atoms with Crippen molar-refractivity contribution in [2.75, 3.05) is 32.8 Å². The zero-order valence-electron chi connectivity index (χ0n) is 13.9. The summed E-state index contributed by atoms with van der Waals surface area (Å²) in [6.07, 6.45) is 5.51. The van der Waals surface area contributed by atoms with E-state index in [9.17, 15) is 4.79 Å². The van der Waals surface area contributed by atoms with Gasteiger partial charge in [-0.15, -0.1) is 11.3 Å². The molecule has 1 aromatic heterocycles. The lowest BCUT2D eigenvalue weighted by Gasteiger charge is -2.31. The molecule has 0 spiro atoms. The Morgan fingerprint density at radius 3 is 3.04 bits per heavy atom. The number of aromatic nitrogens is 1. The number of carbonyl (C=O) groups excluding carboxylic acids is 1. The van der Waals surface area contributed by atoms with E-state index in [1.54, 1.807) is 11.3 Å². The number of nitrogens with zero attached hydrogens (tertiary/aromatic N) is 2. The fourth-order valence-electron chi connectivity index (χ4n) is 3.48. The molecule has 1 atom stereocenters. The summed E-state index contributed by atoms with van der Waals surface area (Å²) < 4.78 is 5.44. The zero-order chi connectivity index (χ0) is 16.1. The number of nitrogens with one attached hydrogen (secondary N) is 1. The Balaban J connectivity index is 1.42. The highest BCUT2D eigenvalue weighted by Crippen LogP contribution is 2.23. The SMILES string of the molecule is CCCc1nc(C(=O)NC[C@@H]2CCN(C3CCOCC3)C2)cs1. The predicted octanol–water partition coefficient (Wildman–Crippen LogP) is 2.33. The van der Waals surface area contributed by atoms with Gasteiger partial charge < -0.3 is 10.1 Å². The Morgan fingerprint density at radius 1 is 1.43 bits per heavy atom. The van der Waals surface area contributed by atoms with Crippen molar-refractivity contribution < 1.29 is 9.53 Å². The topological polar surface area (TPSA) is 54.5 Å². The lowest BCUT2D eigenvalue weighted by molar-refractivity contribution is 0.0411. The maximum absolute atomic E-state index is 12.2. The first-order chi connectivity index (χ1) is 11.3. The van der Waals surface area contributed by atoms with Crippen molar-refractivity contribution in [1.82, 2.24) is 15.2 Å². The number of rotatable bonds is 6. The van der Waals surface area contributed by atoms with Crippen LogP contribution in [0.4, 0.5) is 0 Å². The van der Waals surface area contributed by atoms with Crippen LogP contribution in [-0.4, -0.2) is 54.7 Å². The number of hydrogen-bond donors (Lipinski definition) is 1. The molecule has 0 aliphatic carbocycles. The lowest BCUT2D eigenvalue weighted by atomic mass is 10.1. The van der Waals surface area contributed by atoms with E-state index in [4.69, 9.17) is 4.74 Å². The summed E-state index contributed by atoms with van der Waals surface area (Å²) in [5.41, 5.74) is 0.581. The molecule has 2 saturated heterocycles. The summed E-state index contributed by atoms with van der Waals surface area (Å²) in [5, 5.41) is 6.01. The molecule has 0 radical (unpaired) electrons. The van der Waals surface area contributed by atoms with Crippen LogP contribution in [0.3, 0.4) is 0 Å². The van der Waals surface area contributed by atoms with Gasteiger partial charge in [0.05, 0.1) is 5.01 Å². The van der Waals surface area contributed by atoms with Gasteiger partial charge in [-0.25, -0.2) is 4.98 Å². The molecule has 3 heterocycles. The number of hydrogen-bond acceptors (Lipinski definition) is 5. The third-order valence-electron chi connectivity index (χ3n) is 4.82. The van der Waals surface area contributed by atoms with Crippen molar-refractivity contribution in [3.8, 4) is 0 Å². The minimum Gasteiger partial charge on any atom is -0.381 e. The smallest absolute Gasteiger partial charge is 0.270 e. The first kappa shape index (κ1) is 16.9. The fourth-order valence-corrected chi connectivity index (χ4v) is 4.36. The summed E-state index contributed by atoms with van der Waals surface area (Å²) >= 11 is 1.59. The Hall–Kier alpha value is -0.980. The van der Waals surface area contributed by atoms with Crippen LogP contribution in [-0.2, 0) is 11.2 Å². The Morgan fingerprint density at radius 2 is 2.26 bits per heavy atom. The second-order valence-electron chi connectivity index (χ2n) is 6.58. The molecular formula is C17H27N3O2S. The van der Waals surface area contributed by atoms with Gasteiger partial charge in [0.15, 0.2) is 0 Å². The summed E-state index contributed by atoms with van der Waals surface area (Å²) in [6.45, 7) is 6.94. The van der Waals surface area contributed by atoms with Gasteiger partial charge in [0, 0.05) is 37.7 Å². The maximum atomic E-state index is 12.2. The van der Waals surface area contributed by atoms with E-state index in [0.717, 1.165) is 63.5 Å². The Bertz CT molecular complexity index is 514. The number of amides is 1. The summed E-state index contributed by atoms with van der Waals surface area (Å²) in [5.74, 6) is 0.545. The van der Waals surface area contributed by atoms with Gasteiger partial charge in [0.25, 0.3) is 5.91 Å². The minimum atomic E-state index is -0.0203. The average Bonchev–Trinajstić information content (AvgIpc) is 3.23. The van der Waals surface area contributed by atoms with Crippen LogP contribution in [0.15, 0.2) is 5.38 Å². The molecule has 0 saturated carbocycles. The molecule has 1 N–H and O–H groups in total. The van der Waals surface area contributed by atoms with Crippen molar-refractivity contribution in [3.63, 3.8) is 0 Å². The van der Waals surface area contributed by atoms with Gasteiger partial charge in [-0.1, -0.05) is 6.92 Å². The van der Waals surface area contributed by atoms with Crippen molar-refractivity contribution in [1.29, 1.82) is 0 Å². The van der Waals surface area contributed by atoms with Gasteiger partial charge >= 0.3 is 0 Å². The first-order valence-electron chi connectivity index (χ1n) is 8.80. The molecular weight excluding hydrogens is 310 g/mol. The molecule has 1 aromatic rings. The third-order valence-corrected chi connectivity index (χ3v) is 5.73. The number of aryl methyl sites for hydroxylation is 1. The molecule has 6 heteroatoms. The first-order valence-corrected chi connectivity index (χ1v) is 9.68. The summed E-state index contributed by atoms with van der Waals surface area (Å²) in [7, 11) is 0. The van der Waals surface area contributed by atoms with Crippen molar-refractivity contribution in [2.24, 2.45) is 5.92 Å². The fraction of sp³-hybridized carbons (Fsp3) is 0.765. The molecule has 2 fully saturated rings. The van der Waals surface area contributed by atoms with Crippen LogP contribution in [0.25, 0.3) is 0 Å². The number of likely N-dealkylation sites (tertiary alicyclic amines) is 1. The summed E-state index contributed by atoms with van der Waals surface area (Å²) in [4.78, 5) is 19.2. The Labute approximate surface area is 142 Å². The van der Waals surface area contributed by atoms with Crippen LogP contribution in [0.2, 0.25) is 0 Å². The maximum Gasteiger partial charge on any atom is 0.270 e. The molecule has 2 aliphatic rings. The van der Waals surface area contributed by atoms with E-state index >= 15 is 0 Å². The molecule has 23 heavy (non-hydrogen) atoms. The molecule has 3 rings (SSSR count). The van der Waals surface area contributed by atoms with E-state index in [1.165, 1.54) is 6.42 Å². The molecule has 1 amide bonds. The van der Waals surface area contributed by atoms with Crippen LogP contribution in [0.1, 0.15) is 48.1 Å². The zero-order valence-corrected chi connectivity index (χ0v) is 14.7. The minimum absolute atomic E-state index is 0.0203. The standard InChI is InChI=1S/C17H27N3O2S/c1-2-3-16-19-15(12-23-16)17(21)18-10-13-4-7-20(11-13)14-5-8-22-9-6-14/h12-14H,2-11H2,1H3,(H,18,21)/t13-/m0/s1. The second kappa shape index (κ2) is 8.22. The highest BCUT2D eigenvalue weighted by atomic mass is 32.1. The third kappa shape index (κ3) is 4.52. The monoisotopic (exact) mass is 337 g/mol. The molecule has 128 valence electrons. The van der Waals surface area contributed by atoms with Crippen molar-refractivity contribution in [3.05, 3.63) is 16.1 Å². The highest BCUT2D eigenvalue weighted by Gasteiger charge is 2.29. The largest absolute Gasteiger partial charge is 0.381 e. The van der Waals surface area contributed by atoms with E-state index < -0.39 is 0 Å². The predicted molar refractivity (Wildman–Crippen MR) is 92.0 cm³/mol. The van der Waals surface area contributed by atoms with Gasteiger partial charge in [0.2, 0.25) is 0 Å². The van der Waals surface area contributed by atoms with Gasteiger partial charge in [0.1, 0.15) is 5.69 Å². The Kier molecular flexibility index (Phi) is 6.02. The second-order valence-corrected chi connectivity index (χ2v) is 7.52. The molecule has 0 unspecified atom stereocenters. The number of ether oxygens (including phenoxy) is 1. The molecule has 0 bridgehead atoms. The van der Waals surface area contributed by atoms with Gasteiger partial charge in [-0.05, 0) is 44.6 Å². The highest BCUT2D eigenvalue weighted by molar-refractivity contribution is 7.09. The van der Waals surface area contributed by atoms with Crippen molar-refractivity contribution in [2.45, 2.75) is 45.1 Å². The van der Waals surface area contributed by atoms with E-state index in [-0.39, 0.29) is 5.91 Å². The van der Waals surface area contributed by atoms with Crippen LogP contribution >= 0.6 is 11.3 Å². The number of carbonyl (C=O) groups is 1. The number of thiazole rings is 1. The van der Waals surface area contributed by atoms with E-state index in [0.29, 0.717) is 17.7 Å². The molecule has 0 aromatic carbocycles. The van der Waals surface area contributed by atoms with Crippen molar-refractivity contribution >= 4 is 17.2 Å². The average molecular weight is 337 g/mol. The van der Waals surface area contributed by atoms with Gasteiger partial charge in [-0.2, -0.15) is 0 Å².